The fraction of sp³-hybridized carbons (Fsp3) is 0.800. The van der Waals surface area contributed by atoms with Gasteiger partial charge >= 0.3 is 11.9 Å². The van der Waals surface area contributed by atoms with Gasteiger partial charge in [0.05, 0.1) is 7.11 Å². The molecule has 0 aromatic rings. The summed E-state index contributed by atoms with van der Waals surface area (Å²) in [6.45, 7) is 7.94. The number of hydrogen-bond donors (Lipinski definition) is 0. The SMILES string of the molecule is COC(=O)C(=O)N(C)C(C)C(C)(C)C. The quantitative estimate of drug-likeness (QED) is 0.470. The number of carbonyl (C=O) groups excluding carboxylic acids is 2. The molecule has 0 aromatic carbocycles. The third kappa shape index (κ3) is 3.01. The highest BCUT2D eigenvalue weighted by Crippen LogP contribution is 2.22. The first-order valence-corrected chi connectivity index (χ1v) is 4.57. The fourth-order valence-corrected chi connectivity index (χ4v) is 0.988. The second-order valence-corrected chi connectivity index (χ2v) is 4.45. The van der Waals surface area contributed by atoms with Crippen LogP contribution in [0.1, 0.15) is 27.7 Å². The van der Waals surface area contributed by atoms with Crippen LogP contribution in [0.15, 0.2) is 0 Å². The Bertz CT molecular complexity index is 230. The van der Waals surface area contributed by atoms with Crippen LogP contribution in [0.25, 0.3) is 0 Å². The fourth-order valence-electron chi connectivity index (χ4n) is 0.988. The minimum absolute atomic E-state index is 0.0194. The van der Waals surface area contributed by atoms with Gasteiger partial charge in [-0.05, 0) is 12.3 Å². The van der Waals surface area contributed by atoms with E-state index < -0.39 is 11.9 Å². The Kier molecular flexibility index (Phi) is 4.10. The van der Waals surface area contributed by atoms with Crippen LogP contribution in [0.3, 0.4) is 0 Å². The molecule has 0 aromatic heterocycles. The molecule has 0 rings (SSSR count). The van der Waals surface area contributed by atoms with Gasteiger partial charge in [0.2, 0.25) is 0 Å². The summed E-state index contributed by atoms with van der Waals surface area (Å²) in [5.41, 5.74) is -0.0571. The molecule has 1 unspecified atom stereocenters. The number of ether oxygens (including phenoxy) is 1. The Balaban J connectivity index is 4.55. The van der Waals surface area contributed by atoms with E-state index in [0.29, 0.717) is 0 Å². The van der Waals surface area contributed by atoms with Gasteiger partial charge < -0.3 is 9.64 Å². The van der Waals surface area contributed by atoms with Gasteiger partial charge in [0.1, 0.15) is 0 Å². The number of carbonyl (C=O) groups is 2. The van der Waals surface area contributed by atoms with Crippen molar-refractivity contribution in [2.45, 2.75) is 33.7 Å². The molecule has 0 aliphatic carbocycles. The van der Waals surface area contributed by atoms with Crippen LogP contribution < -0.4 is 0 Å². The molecule has 0 saturated heterocycles. The number of nitrogens with zero attached hydrogens (tertiary/aromatic N) is 1. The van der Waals surface area contributed by atoms with Crippen molar-refractivity contribution in [3.8, 4) is 0 Å². The summed E-state index contributed by atoms with van der Waals surface area (Å²) in [5, 5.41) is 0. The van der Waals surface area contributed by atoms with Crippen LogP contribution in [-0.2, 0) is 14.3 Å². The number of likely N-dealkylation sites (N-methyl/N-ethyl adjacent to an activating group) is 1. The van der Waals surface area contributed by atoms with Gasteiger partial charge in [0, 0.05) is 13.1 Å². The number of rotatable bonds is 1. The molecule has 0 radical (unpaired) electrons. The number of methoxy groups -OCH3 is 1. The summed E-state index contributed by atoms with van der Waals surface area (Å²) in [4.78, 5) is 23.8. The molecular weight excluding hydrogens is 182 g/mol. The van der Waals surface area contributed by atoms with Crippen LogP contribution in [0, 0.1) is 5.41 Å². The van der Waals surface area contributed by atoms with Crippen LogP contribution in [0.4, 0.5) is 0 Å². The van der Waals surface area contributed by atoms with E-state index in [4.69, 9.17) is 0 Å². The average molecular weight is 201 g/mol. The van der Waals surface area contributed by atoms with Crippen LogP contribution >= 0.6 is 0 Å². The molecule has 0 fully saturated rings. The van der Waals surface area contributed by atoms with E-state index in [1.165, 1.54) is 12.0 Å². The summed E-state index contributed by atoms with van der Waals surface area (Å²) in [6, 6.07) is -0.0194. The second kappa shape index (κ2) is 4.44. The normalized spacial score (nSPS) is 13.3. The van der Waals surface area contributed by atoms with Crippen LogP contribution in [0.5, 0.6) is 0 Å². The molecule has 0 N–H and O–H groups in total. The van der Waals surface area contributed by atoms with Crippen molar-refractivity contribution in [1.29, 1.82) is 0 Å². The van der Waals surface area contributed by atoms with E-state index in [1.54, 1.807) is 7.05 Å². The molecule has 1 atom stereocenters. The van der Waals surface area contributed by atoms with E-state index >= 15 is 0 Å². The molecule has 14 heavy (non-hydrogen) atoms. The lowest BCUT2D eigenvalue weighted by molar-refractivity contribution is -0.159. The lowest BCUT2D eigenvalue weighted by atomic mass is 9.87. The zero-order valence-electron chi connectivity index (χ0n) is 9.75. The first kappa shape index (κ1) is 12.9. The largest absolute Gasteiger partial charge is 0.462 e. The molecule has 82 valence electrons. The van der Waals surface area contributed by atoms with E-state index in [0.717, 1.165) is 0 Å². The number of hydrogen-bond acceptors (Lipinski definition) is 3. The van der Waals surface area contributed by atoms with Crippen molar-refractivity contribution in [3.63, 3.8) is 0 Å². The van der Waals surface area contributed by atoms with Crippen molar-refractivity contribution in [2.24, 2.45) is 5.41 Å². The maximum atomic E-state index is 11.4. The summed E-state index contributed by atoms with van der Waals surface area (Å²) >= 11 is 0. The van der Waals surface area contributed by atoms with Gasteiger partial charge in [-0.1, -0.05) is 20.8 Å². The molecule has 4 nitrogen and oxygen atoms in total. The van der Waals surface area contributed by atoms with E-state index in [9.17, 15) is 9.59 Å². The minimum Gasteiger partial charge on any atom is -0.462 e. The topological polar surface area (TPSA) is 46.6 Å². The molecule has 0 heterocycles. The first-order chi connectivity index (χ1) is 6.21. The van der Waals surface area contributed by atoms with E-state index in [1.807, 2.05) is 27.7 Å². The first-order valence-electron chi connectivity index (χ1n) is 4.57. The summed E-state index contributed by atoms with van der Waals surface area (Å²) < 4.78 is 4.37. The third-order valence-corrected chi connectivity index (χ3v) is 2.51. The molecule has 0 aliphatic heterocycles. The minimum atomic E-state index is -0.816. The van der Waals surface area contributed by atoms with E-state index in [-0.39, 0.29) is 11.5 Å². The van der Waals surface area contributed by atoms with Gasteiger partial charge in [-0.3, -0.25) is 4.79 Å². The smallest absolute Gasteiger partial charge is 0.396 e. The van der Waals surface area contributed by atoms with Gasteiger partial charge in [-0.2, -0.15) is 0 Å². The predicted molar refractivity (Wildman–Crippen MR) is 53.7 cm³/mol. The molecular formula is C10H19NO3. The Morgan fingerprint density at radius 3 is 2.00 bits per heavy atom. The van der Waals surface area contributed by atoms with Gasteiger partial charge in [-0.25, -0.2) is 4.79 Å². The lowest BCUT2D eigenvalue weighted by Gasteiger charge is -2.34. The van der Waals surface area contributed by atoms with Gasteiger partial charge in [0.15, 0.2) is 0 Å². The monoisotopic (exact) mass is 201 g/mol. The van der Waals surface area contributed by atoms with Crippen LogP contribution in [-0.4, -0.2) is 37.0 Å². The van der Waals surface area contributed by atoms with E-state index in [2.05, 4.69) is 4.74 Å². The zero-order chi connectivity index (χ0) is 11.5. The molecule has 0 aliphatic rings. The Morgan fingerprint density at radius 1 is 1.29 bits per heavy atom. The maximum Gasteiger partial charge on any atom is 0.396 e. The average Bonchev–Trinajstić information content (AvgIpc) is 2.11. The second-order valence-electron chi connectivity index (χ2n) is 4.45. The molecule has 0 bridgehead atoms. The highest BCUT2D eigenvalue weighted by molar-refractivity contribution is 6.32. The van der Waals surface area contributed by atoms with Crippen LogP contribution in [0.2, 0.25) is 0 Å². The summed E-state index contributed by atoms with van der Waals surface area (Å²) in [7, 11) is 2.81. The third-order valence-electron chi connectivity index (χ3n) is 2.51. The maximum absolute atomic E-state index is 11.4. The molecule has 0 spiro atoms. The predicted octanol–water partition coefficient (Wildman–Crippen LogP) is 1.05. The Labute approximate surface area is 85.2 Å². The van der Waals surface area contributed by atoms with Crippen molar-refractivity contribution in [3.05, 3.63) is 0 Å². The number of amides is 1. The Hall–Kier alpha value is -1.06. The van der Waals surface area contributed by atoms with Gasteiger partial charge in [0.25, 0.3) is 0 Å². The lowest BCUT2D eigenvalue weighted by Crippen LogP contribution is -2.46. The van der Waals surface area contributed by atoms with Crippen molar-refractivity contribution in [2.75, 3.05) is 14.2 Å². The van der Waals surface area contributed by atoms with Crippen molar-refractivity contribution in [1.82, 2.24) is 4.90 Å². The standard InChI is InChI=1S/C10H19NO3/c1-7(10(2,3)4)11(5)8(12)9(13)14-6/h7H,1-6H3. The molecule has 1 amide bonds. The highest BCUT2D eigenvalue weighted by Gasteiger charge is 2.30. The zero-order valence-corrected chi connectivity index (χ0v) is 9.75. The molecule has 0 saturated carbocycles. The van der Waals surface area contributed by atoms with Crippen molar-refractivity contribution >= 4 is 11.9 Å². The van der Waals surface area contributed by atoms with Crippen molar-refractivity contribution < 1.29 is 14.3 Å². The summed E-state index contributed by atoms with van der Waals surface area (Å²) in [6.07, 6.45) is 0. The Morgan fingerprint density at radius 2 is 1.71 bits per heavy atom. The summed E-state index contributed by atoms with van der Waals surface area (Å²) in [5.74, 6) is -1.42. The molecule has 4 heteroatoms. The number of esters is 1. The van der Waals surface area contributed by atoms with Gasteiger partial charge in [-0.15, -0.1) is 0 Å². The highest BCUT2D eigenvalue weighted by atomic mass is 16.5.